The van der Waals surface area contributed by atoms with Gasteiger partial charge in [0.15, 0.2) is 0 Å². The molecular weight excluding hydrogens is 282 g/mol. The molecule has 0 atom stereocenters. The van der Waals surface area contributed by atoms with Crippen molar-refractivity contribution in [3.05, 3.63) is 23.2 Å². The van der Waals surface area contributed by atoms with Crippen LogP contribution < -0.4 is 12.4 Å². The number of hydrogen-bond donors (Lipinski definition) is 1. The van der Waals surface area contributed by atoms with Crippen molar-refractivity contribution in [3.63, 3.8) is 0 Å². The Labute approximate surface area is 125 Å². The minimum atomic E-state index is -1.00. The van der Waals surface area contributed by atoms with Crippen molar-refractivity contribution in [2.75, 3.05) is 26.3 Å². The summed E-state index contributed by atoms with van der Waals surface area (Å²) in [5.74, 6) is 0.285. The predicted molar refractivity (Wildman–Crippen MR) is 70.3 cm³/mol. The van der Waals surface area contributed by atoms with Crippen LogP contribution in [0.4, 0.5) is 0 Å². The van der Waals surface area contributed by atoms with E-state index >= 15 is 0 Å². The van der Waals surface area contributed by atoms with Gasteiger partial charge in [0.25, 0.3) is 0 Å². The zero-order valence-corrected chi connectivity index (χ0v) is 12.7. The molecule has 0 bridgehead atoms. The van der Waals surface area contributed by atoms with Crippen molar-refractivity contribution in [1.29, 1.82) is 0 Å². The van der Waals surface area contributed by atoms with Gasteiger partial charge in [0.1, 0.15) is 5.76 Å². The van der Waals surface area contributed by atoms with Crippen LogP contribution in [0.1, 0.15) is 35.7 Å². The molecule has 1 saturated heterocycles. The molecule has 1 aliphatic heterocycles. The summed E-state index contributed by atoms with van der Waals surface area (Å²) in [6.45, 7) is 8.18. The molecular formula is C14H21ClNO4-. The molecule has 1 N–H and O–H groups in total. The summed E-state index contributed by atoms with van der Waals surface area (Å²) in [6.07, 6.45) is 0.771. The van der Waals surface area contributed by atoms with Crippen LogP contribution in [-0.4, -0.2) is 42.3 Å². The summed E-state index contributed by atoms with van der Waals surface area (Å²) in [4.78, 5) is 13.3. The van der Waals surface area contributed by atoms with E-state index in [4.69, 9.17) is 14.3 Å². The van der Waals surface area contributed by atoms with E-state index in [1.807, 2.05) is 0 Å². The first kappa shape index (κ1) is 17.0. The first-order valence-corrected chi connectivity index (χ1v) is 6.71. The highest BCUT2D eigenvalue weighted by molar-refractivity contribution is 5.84. The lowest BCUT2D eigenvalue weighted by molar-refractivity contribution is -0.0000214. The van der Waals surface area contributed by atoms with Gasteiger partial charge in [0, 0.05) is 31.6 Å². The Balaban J connectivity index is 0.00000200. The fourth-order valence-electron chi connectivity index (χ4n) is 2.25. The first-order chi connectivity index (χ1) is 9.06. The van der Waals surface area contributed by atoms with E-state index < -0.39 is 5.97 Å². The van der Waals surface area contributed by atoms with Crippen molar-refractivity contribution < 1.29 is 31.5 Å². The second kappa shape index (κ2) is 7.67. The lowest BCUT2D eigenvalue weighted by Gasteiger charge is -2.26. The minimum Gasteiger partial charge on any atom is -1.00 e. The standard InChI is InChI=1S/C14H21NO4.ClH/c1-10(2)7-12-11(8-13(19-12)14(16)17)9-15-3-5-18-6-4-15;/h8,10H,3-7,9H2,1-2H3,(H,16,17);1H/p-1. The molecule has 114 valence electrons. The van der Waals surface area contributed by atoms with Gasteiger partial charge >= 0.3 is 5.97 Å². The Morgan fingerprint density at radius 1 is 1.40 bits per heavy atom. The summed E-state index contributed by atoms with van der Waals surface area (Å²) >= 11 is 0. The molecule has 2 heterocycles. The van der Waals surface area contributed by atoms with Crippen LogP contribution in [0, 0.1) is 5.92 Å². The SMILES string of the molecule is CC(C)Cc1oc(C(=O)O)cc1CN1CCOCC1.[Cl-]. The van der Waals surface area contributed by atoms with Crippen molar-refractivity contribution in [2.24, 2.45) is 5.92 Å². The molecule has 0 unspecified atom stereocenters. The number of furan rings is 1. The molecule has 1 aromatic heterocycles. The van der Waals surface area contributed by atoms with Crippen LogP contribution in [0.2, 0.25) is 0 Å². The third-order valence-electron chi connectivity index (χ3n) is 3.20. The van der Waals surface area contributed by atoms with Gasteiger partial charge in [-0.3, -0.25) is 4.90 Å². The smallest absolute Gasteiger partial charge is 0.371 e. The number of nitrogens with zero attached hydrogens (tertiary/aromatic N) is 1. The van der Waals surface area contributed by atoms with Crippen LogP contribution in [-0.2, 0) is 17.7 Å². The molecule has 0 aliphatic carbocycles. The van der Waals surface area contributed by atoms with E-state index in [1.165, 1.54) is 0 Å². The van der Waals surface area contributed by atoms with Crippen LogP contribution in [0.15, 0.2) is 10.5 Å². The largest absolute Gasteiger partial charge is 1.00 e. The number of halogens is 1. The Morgan fingerprint density at radius 3 is 2.60 bits per heavy atom. The van der Waals surface area contributed by atoms with Crippen molar-refractivity contribution >= 4 is 5.97 Å². The molecule has 1 fully saturated rings. The third-order valence-corrected chi connectivity index (χ3v) is 3.20. The number of aromatic carboxylic acids is 1. The third kappa shape index (κ3) is 4.51. The second-order valence-corrected chi connectivity index (χ2v) is 5.35. The van der Waals surface area contributed by atoms with Crippen molar-refractivity contribution in [3.8, 4) is 0 Å². The van der Waals surface area contributed by atoms with Crippen molar-refractivity contribution in [2.45, 2.75) is 26.8 Å². The van der Waals surface area contributed by atoms with Crippen molar-refractivity contribution in [1.82, 2.24) is 4.90 Å². The highest BCUT2D eigenvalue weighted by Gasteiger charge is 2.19. The molecule has 2 rings (SSSR count). The molecule has 1 aliphatic rings. The van der Waals surface area contributed by atoms with E-state index in [9.17, 15) is 4.79 Å². The van der Waals surface area contributed by atoms with E-state index in [0.29, 0.717) is 5.92 Å². The maximum Gasteiger partial charge on any atom is 0.371 e. The van der Waals surface area contributed by atoms with E-state index in [-0.39, 0.29) is 18.2 Å². The summed E-state index contributed by atoms with van der Waals surface area (Å²) in [6, 6.07) is 1.66. The van der Waals surface area contributed by atoms with Gasteiger partial charge in [-0.15, -0.1) is 0 Å². The summed E-state index contributed by atoms with van der Waals surface area (Å²) < 4.78 is 10.8. The number of carboxylic acid groups (broad SMARTS) is 1. The van der Waals surface area contributed by atoms with Crippen LogP contribution in [0.3, 0.4) is 0 Å². The molecule has 20 heavy (non-hydrogen) atoms. The molecule has 1 aromatic rings. The lowest BCUT2D eigenvalue weighted by Crippen LogP contribution is -3.00. The average molecular weight is 303 g/mol. The van der Waals surface area contributed by atoms with E-state index in [1.54, 1.807) is 6.07 Å². The monoisotopic (exact) mass is 302 g/mol. The zero-order chi connectivity index (χ0) is 13.8. The van der Waals surface area contributed by atoms with E-state index in [2.05, 4.69) is 18.7 Å². The summed E-state index contributed by atoms with van der Waals surface area (Å²) in [7, 11) is 0. The fourth-order valence-corrected chi connectivity index (χ4v) is 2.25. The second-order valence-electron chi connectivity index (χ2n) is 5.35. The average Bonchev–Trinajstić information content (AvgIpc) is 2.73. The summed E-state index contributed by atoms with van der Waals surface area (Å²) in [5.41, 5.74) is 0.994. The molecule has 6 heteroatoms. The number of hydrogen-bond acceptors (Lipinski definition) is 4. The van der Waals surface area contributed by atoms with Gasteiger partial charge in [0.05, 0.1) is 13.2 Å². The van der Waals surface area contributed by atoms with Crippen LogP contribution in [0.5, 0.6) is 0 Å². The van der Waals surface area contributed by atoms with Gasteiger partial charge in [-0.05, 0) is 12.0 Å². The normalized spacial score (nSPS) is 16.1. The zero-order valence-electron chi connectivity index (χ0n) is 11.9. The highest BCUT2D eigenvalue weighted by Crippen LogP contribution is 2.21. The maximum atomic E-state index is 11.0. The Morgan fingerprint density at radius 2 is 2.05 bits per heavy atom. The predicted octanol–water partition coefficient (Wildman–Crippen LogP) is -0.987. The lowest BCUT2D eigenvalue weighted by atomic mass is 10.1. The first-order valence-electron chi connectivity index (χ1n) is 6.71. The van der Waals surface area contributed by atoms with Gasteiger partial charge in [0.2, 0.25) is 5.76 Å². The van der Waals surface area contributed by atoms with Crippen LogP contribution in [0.25, 0.3) is 0 Å². The molecule has 0 saturated carbocycles. The van der Waals surface area contributed by atoms with Gasteiger partial charge < -0.3 is 26.7 Å². The van der Waals surface area contributed by atoms with Crippen LogP contribution >= 0.6 is 0 Å². The molecule has 0 spiro atoms. The molecule has 0 amide bonds. The molecule has 5 nitrogen and oxygen atoms in total. The number of carbonyl (C=O) groups is 1. The fraction of sp³-hybridized carbons (Fsp3) is 0.643. The summed E-state index contributed by atoms with van der Waals surface area (Å²) in [5, 5.41) is 9.04. The Bertz CT molecular complexity index is 438. The number of morpholine rings is 1. The Hall–Kier alpha value is -1.04. The topological polar surface area (TPSA) is 62.9 Å². The number of rotatable bonds is 5. The number of carboxylic acids is 1. The highest BCUT2D eigenvalue weighted by atomic mass is 35.5. The van der Waals surface area contributed by atoms with Gasteiger partial charge in [-0.1, -0.05) is 13.8 Å². The quantitative estimate of drug-likeness (QED) is 0.757. The minimum absolute atomic E-state index is 0. The van der Waals surface area contributed by atoms with Gasteiger partial charge in [-0.25, -0.2) is 4.79 Å². The Kier molecular flexibility index (Phi) is 6.52. The maximum absolute atomic E-state index is 11.0. The van der Waals surface area contributed by atoms with E-state index in [0.717, 1.165) is 50.6 Å². The molecule has 0 radical (unpaired) electrons. The number of ether oxygens (including phenoxy) is 1. The van der Waals surface area contributed by atoms with Gasteiger partial charge in [-0.2, -0.15) is 0 Å². The molecule has 0 aromatic carbocycles.